The van der Waals surface area contributed by atoms with E-state index in [1.165, 1.54) is 15.0 Å². The summed E-state index contributed by atoms with van der Waals surface area (Å²) >= 11 is 0. The molecule has 0 radical (unpaired) electrons. The number of rotatable bonds is 3. The maximum Gasteiger partial charge on any atom is 0.309 e. The summed E-state index contributed by atoms with van der Waals surface area (Å²) in [5.41, 5.74) is 1.59. The summed E-state index contributed by atoms with van der Waals surface area (Å²) in [4.78, 5) is 44.5. The lowest BCUT2D eigenvalue weighted by molar-refractivity contribution is -0.149. The van der Waals surface area contributed by atoms with Crippen LogP contribution < -0.4 is 11.0 Å². The fourth-order valence-corrected chi connectivity index (χ4v) is 4.09. The second-order valence-electron chi connectivity index (χ2n) is 7.82. The van der Waals surface area contributed by atoms with Gasteiger partial charge in [0.15, 0.2) is 0 Å². The maximum atomic E-state index is 13.2. The van der Waals surface area contributed by atoms with E-state index in [2.05, 4.69) is 4.98 Å². The van der Waals surface area contributed by atoms with Crippen molar-refractivity contribution in [1.82, 2.24) is 18.9 Å². The lowest BCUT2D eigenvalue weighted by atomic mass is 9.96. The molecule has 3 aromatic heterocycles. The highest BCUT2D eigenvalue weighted by Crippen LogP contribution is 2.20. The van der Waals surface area contributed by atoms with Crippen LogP contribution in [0.1, 0.15) is 35.7 Å². The molecule has 0 aliphatic carbocycles. The summed E-state index contributed by atoms with van der Waals surface area (Å²) in [5, 5.41) is 8.80. The lowest BCUT2D eigenvalue weighted by Crippen LogP contribution is -2.43. The number of nitrogens with one attached hydrogen (secondary N) is 1. The summed E-state index contributed by atoms with van der Waals surface area (Å²) < 4.78 is 8.01. The van der Waals surface area contributed by atoms with Crippen LogP contribution in [0.3, 0.4) is 0 Å². The molecule has 0 aromatic carbocycles. The van der Waals surface area contributed by atoms with E-state index in [4.69, 9.17) is 10.1 Å². The van der Waals surface area contributed by atoms with Crippen LogP contribution in [0.15, 0.2) is 29.2 Å². The zero-order valence-corrected chi connectivity index (χ0v) is 17.8. The molecule has 3 aromatic rings. The number of piperidine rings is 1. The van der Waals surface area contributed by atoms with Crippen molar-refractivity contribution in [2.24, 2.45) is 13.0 Å². The van der Waals surface area contributed by atoms with Crippen LogP contribution in [0.2, 0.25) is 0 Å². The first-order valence-corrected chi connectivity index (χ1v) is 10.4. The molecule has 1 amide bonds. The fourth-order valence-electron chi connectivity index (χ4n) is 4.09. The van der Waals surface area contributed by atoms with Crippen molar-refractivity contribution < 1.29 is 14.3 Å². The molecule has 1 aliphatic heterocycles. The number of fused-ring (bicyclic) bond motifs is 2. The normalized spacial score (nSPS) is 14.9. The molecular weight excluding hydrogens is 398 g/mol. The minimum atomic E-state index is -0.321. The highest BCUT2D eigenvalue weighted by Gasteiger charge is 2.29. The molecule has 4 heterocycles. The molecule has 1 saturated heterocycles. The van der Waals surface area contributed by atoms with Crippen LogP contribution in [0.25, 0.3) is 16.7 Å². The Labute approximate surface area is 178 Å². The topological polar surface area (TPSA) is 110 Å². The average Bonchev–Trinajstić information content (AvgIpc) is 2.77. The van der Waals surface area contributed by atoms with Gasteiger partial charge in [-0.2, -0.15) is 0 Å². The number of nitrogens with zero attached hydrogens (tertiary/aromatic N) is 4. The van der Waals surface area contributed by atoms with Crippen molar-refractivity contribution >= 4 is 28.6 Å². The molecule has 0 atom stereocenters. The number of aromatic nitrogens is 3. The van der Waals surface area contributed by atoms with Crippen molar-refractivity contribution in [3.63, 3.8) is 0 Å². The van der Waals surface area contributed by atoms with Gasteiger partial charge in [-0.25, -0.2) is 4.98 Å². The zero-order chi connectivity index (χ0) is 22.3. The van der Waals surface area contributed by atoms with Crippen LogP contribution in [0.4, 0.5) is 0 Å². The van der Waals surface area contributed by atoms with Gasteiger partial charge in [0.25, 0.3) is 11.5 Å². The van der Waals surface area contributed by atoms with Gasteiger partial charge in [-0.05, 0) is 44.4 Å². The quantitative estimate of drug-likeness (QED) is 0.506. The third-order valence-corrected chi connectivity index (χ3v) is 5.89. The first-order chi connectivity index (χ1) is 14.8. The first kappa shape index (κ1) is 20.8. The van der Waals surface area contributed by atoms with Crippen molar-refractivity contribution in [3.8, 4) is 0 Å². The second-order valence-corrected chi connectivity index (χ2v) is 7.82. The summed E-state index contributed by atoms with van der Waals surface area (Å²) in [5.74, 6) is -0.761. The number of hydrogen-bond acceptors (Lipinski definition) is 6. The van der Waals surface area contributed by atoms with Gasteiger partial charge in [0.2, 0.25) is 0 Å². The molecule has 1 aliphatic rings. The van der Waals surface area contributed by atoms with Crippen molar-refractivity contribution in [2.45, 2.75) is 26.7 Å². The number of aryl methyl sites for hydroxylation is 2. The largest absolute Gasteiger partial charge is 0.466 e. The minimum Gasteiger partial charge on any atom is -0.466 e. The summed E-state index contributed by atoms with van der Waals surface area (Å²) in [6.07, 6.45) is 2.69. The molecule has 1 fully saturated rings. The second kappa shape index (κ2) is 7.98. The Kier molecular flexibility index (Phi) is 5.34. The van der Waals surface area contributed by atoms with Crippen molar-refractivity contribution in [3.05, 3.63) is 51.4 Å². The van der Waals surface area contributed by atoms with Crippen LogP contribution in [0.5, 0.6) is 0 Å². The maximum absolute atomic E-state index is 13.2. The lowest BCUT2D eigenvalue weighted by Gasteiger charge is -2.31. The number of carbonyl (C=O) groups excluding carboxylic acids is 2. The molecular formula is C22H25N5O4. The number of carbonyl (C=O) groups is 2. The number of amides is 1. The molecule has 4 rings (SSSR count). The standard InChI is InChI=1S/C22H25N5O4/c1-4-31-22(30)14-7-10-26(11-8-14)20(28)15-12-16-19(25(3)17(15)23)24-18-13(2)6-5-9-27(18)21(16)29/h5-6,9,12,14,23H,4,7-8,10-11H2,1-3H3. The van der Waals surface area contributed by atoms with Gasteiger partial charge in [0.1, 0.15) is 16.8 Å². The van der Waals surface area contributed by atoms with E-state index in [1.807, 2.05) is 13.0 Å². The molecule has 0 bridgehead atoms. The Morgan fingerprint density at radius 3 is 2.65 bits per heavy atom. The number of likely N-dealkylation sites (tertiary alicyclic amines) is 1. The molecule has 0 spiro atoms. The van der Waals surface area contributed by atoms with Gasteiger partial charge >= 0.3 is 5.97 Å². The van der Waals surface area contributed by atoms with Crippen LogP contribution >= 0.6 is 0 Å². The summed E-state index contributed by atoms with van der Waals surface area (Å²) in [6, 6.07) is 5.12. The van der Waals surface area contributed by atoms with Gasteiger partial charge in [-0.1, -0.05) is 6.07 Å². The molecule has 162 valence electrons. The number of hydrogen-bond donors (Lipinski definition) is 1. The molecule has 0 saturated carbocycles. The fraction of sp³-hybridized carbons (Fsp3) is 0.409. The van der Waals surface area contributed by atoms with E-state index in [0.29, 0.717) is 43.8 Å². The Bertz CT molecular complexity index is 1320. The van der Waals surface area contributed by atoms with Crippen molar-refractivity contribution in [2.75, 3.05) is 19.7 Å². The summed E-state index contributed by atoms with van der Waals surface area (Å²) in [7, 11) is 1.63. The summed E-state index contributed by atoms with van der Waals surface area (Å²) in [6.45, 7) is 4.78. The van der Waals surface area contributed by atoms with Gasteiger partial charge < -0.3 is 14.2 Å². The predicted molar refractivity (Wildman–Crippen MR) is 114 cm³/mol. The Hall–Kier alpha value is -3.49. The van der Waals surface area contributed by atoms with Gasteiger partial charge in [0.05, 0.1) is 23.5 Å². The Balaban J connectivity index is 1.73. The zero-order valence-electron chi connectivity index (χ0n) is 17.8. The highest BCUT2D eigenvalue weighted by molar-refractivity contribution is 5.97. The first-order valence-electron chi connectivity index (χ1n) is 10.4. The highest BCUT2D eigenvalue weighted by atomic mass is 16.5. The van der Waals surface area contributed by atoms with Crippen LogP contribution in [-0.4, -0.2) is 50.4 Å². The van der Waals surface area contributed by atoms with Crippen molar-refractivity contribution in [1.29, 1.82) is 5.41 Å². The predicted octanol–water partition coefficient (Wildman–Crippen LogP) is 1.39. The SMILES string of the molecule is CCOC(=O)C1CCN(C(=O)c2cc3c(=O)n4cccc(C)c4nc3n(C)c2=N)CC1. The van der Waals surface area contributed by atoms with Gasteiger partial charge in [-0.15, -0.1) is 0 Å². The van der Waals surface area contributed by atoms with E-state index in [1.54, 1.807) is 31.1 Å². The van der Waals surface area contributed by atoms with E-state index in [9.17, 15) is 14.4 Å². The minimum absolute atomic E-state index is 0.00477. The third kappa shape index (κ3) is 3.49. The van der Waals surface area contributed by atoms with Gasteiger partial charge in [0, 0.05) is 26.3 Å². The molecule has 0 unspecified atom stereocenters. The van der Waals surface area contributed by atoms with E-state index >= 15 is 0 Å². The monoisotopic (exact) mass is 423 g/mol. The smallest absolute Gasteiger partial charge is 0.309 e. The molecule has 9 nitrogen and oxygen atoms in total. The van der Waals surface area contributed by atoms with E-state index in [-0.39, 0.29) is 39.8 Å². The third-order valence-electron chi connectivity index (χ3n) is 5.89. The Morgan fingerprint density at radius 1 is 1.26 bits per heavy atom. The van der Waals surface area contributed by atoms with Crippen LogP contribution in [0, 0.1) is 18.3 Å². The van der Waals surface area contributed by atoms with E-state index in [0.717, 1.165) is 5.56 Å². The number of ether oxygens (including phenoxy) is 1. The number of esters is 1. The molecule has 31 heavy (non-hydrogen) atoms. The Morgan fingerprint density at radius 2 is 1.97 bits per heavy atom. The average molecular weight is 423 g/mol. The molecule has 1 N–H and O–H groups in total. The number of pyridine rings is 2. The molecule has 9 heteroatoms. The van der Waals surface area contributed by atoms with Gasteiger partial charge in [-0.3, -0.25) is 24.2 Å². The van der Waals surface area contributed by atoms with Crippen LogP contribution in [-0.2, 0) is 16.6 Å². The van der Waals surface area contributed by atoms with E-state index < -0.39 is 0 Å².